The lowest BCUT2D eigenvalue weighted by atomic mass is 9.94. The molecule has 4 heterocycles. The predicted molar refractivity (Wildman–Crippen MR) is 113 cm³/mol. The van der Waals surface area contributed by atoms with E-state index in [0.29, 0.717) is 6.79 Å². The Balaban J connectivity index is 1.11. The summed E-state index contributed by atoms with van der Waals surface area (Å²) in [5, 5.41) is 0. The average Bonchev–Trinajstić information content (AvgIpc) is 3.20. The maximum absolute atomic E-state index is 5.58. The average molecular weight is 394 g/mol. The molecular formula is C24H31N3O2. The van der Waals surface area contributed by atoms with Crippen molar-refractivity contribution in [1.29, 1.82) is 0 Å². The molecule has 0 aliphatic carbocycles. The van der Waals surface area contributed by atoms with Crippen LogP contribution in [0, 0.1) is 5.92 Å². The van der Waals surface area contributed by atoms with E-state index in [1.807, 2.05) is 18.5 Å². The molecule has 5 heteroatoms. The number of aromatic nitrogens is 1. The first-order valence-electron chi connectivity index (χ1n) is 11.1. The first kappa shape index (κ1) is 18.9. The third-order valence-electron chi connectivity index (χ3n) is 6.57. The van der Waals surface area contributed by atoms with Crippen molar-refractivity contribution in [3.05, 3.63) is 53.3 Å². The first-order chi connectivity index (χ1) is 14.3. The number of nitrogens with zero attached hydrogens (tertiary/aromatic N) is 3. The SMILES string of the molecule is c1cncc(CCCN2CCCC(CN3CCc4cc5c(cc4C3)OCO5)C2)c1. The Hall–Kier alpha value is -2.11. The number of hydrogen-bond acceptors (Lipinski definition) is 5. The van der Waals surface area contributed by atoms with Crippen LogP contribution in [-0.2, 0) is 19.4 Å². The van der Waals surface area contributed by atoms with E-state index in [9.17, 15) is 0 Å². The van der Waals surface area contributed by atoms with Crippen molar-refractivity contribution in [1.82, 2.24) is 14.8 Å². The fraction of sp³-hybridized carbons (Fsp3) is 0.542. The number of hydrogen-bond donors (Lipinski definition) is 0. The van der Waals surface area contributed by atoms with Gasteiger partial charge in [-0.2, -0.15) is 0 Å². The van der Waals surface area contributed by atoms with Gasteiger partial charge < -0.3 is 14.4 Å². The highest BCUT2D eigenvalue weighted by Crippen LogP contribution is 2.37. The van der Waals surface area contributed by atoms with Crippen molar-refractivity contribution >= 4 is 0 Å². The molecule has 154 valence electrons. The predicted octanol–water partition coefficient (Wildman–Crippen LogP) is 3.51. The highest BCUT2D eigenvalue weighted by atomic mass is 16.7. The Kier molecular flexibility index (Phi) is 5.68. The molecule has 1 aromatic carbocycles. The zero-order chi connectivity index (χ0) is 19.5. The maximum Gasteiger partial charge on any atom is 0.231 e. The van der Waals surface area contributed by atoms with Crippen LogP contribution in [-0.4, -0.2) is 54.3 Å². The lowest BCUT2D eigenvalue weighted by Gasteiger charge is -2.37. The molecule has 5 rings (SSSR count). The van der Waals surface area contributed by atoms with Gasteiger partial charge in [-0.3, -0.25) is 9.88 Å². The zero-order valence-electron chi connectivity index (χ0n) is 17.2. The van der Waals surface area contributed by atoms with Gasteiger partial charge in [-0.15, -0.1) is 0 Å². The minimum absolute atomic E-state index is 0.362. The number of rotatable bonds is 6. The minimum atomic E-state index is 0.362. The molecule has 2 aromatic rings. The summed E-state index contributed by atoms with van der Waals surface area (Å²) in [5.41, 5.74) is 4.21. The van der Waals surface area contributed by atoms with Gasteiger partial charge in [0.05, 0.1) is 0 Å². The summed E-state index contributed by atoms with van der Waals surface area (Å²) in [6, 6.07) is 8.62. The van der Waals surface area contributed by atoms with Crippen molar-refractivity contribution in [2.24, 2.45) is 5.92 Å². The van der Waals surface area contributed by atoms with Crippen LogP contribution < -0.4 is 9.47 Å². The summed E-state index contributed by atoms with van der Waals surface area (Å²) in [6.07, 6.45) is 10.0. The molecule has 0 saturated carbocycles. The van der Waals surface area contributed by atoms with Crippen LogP contribution >= 0.6 is 0 Å². The van der Waals surface area contributed by atoms with Gasteiger partial charge in [0.2, 0.25) is 6.79 Å². The van der Waals surface area contributed by atoms with Crippen LogP contribution in [0.1, 0.15) is 36.0 Å². The fourth-order valence-corrected chi connectivity index (χ4v) is 5.08. The van der Waals surface area contributed by atoms with E-state index in [1.165, 1.54) is 62.1 Å². The van der Waals surface area contributed by atoms with Gasteiger partial charge in [0.1, 0.15) is 0 Å². The number of piperidine rings is 1. The smallest absolute Gasteiger partial charge is 0.231 e. The third-order valence-corrected chi connectivity index (χ3v) is 6.57. The summed E-state index contributed by atoms with van der Waals surface area (Å²) >= 11 is 0. The normalized spacial score (nSPS) is 21.9. The molecule has 0 N–H and O–H groups in total. The Labute approximate surface area is 173 Å². The van der Waals surface area contributed by atoms with Crippen LogP contribution in [0.25, 0.3) is 0 Å². The van der Waals surface area contributed by atoms with Crippen molar-refractivity contribution in [3.8, 4) is 11.5 Å². The van der Waals surface area contributed by atoms with Crippen LogP contribution in [0.4, 0.5) is 0 Å². The first-order valence-corrected chi connectivity index (χ1v) is 11.1. The maximum atomic E-state index is 5.58. The summed E-state index contributed by atoms with van der Waals surface area (Å²) in [6.45, 7) is 7.49. The van der Waals surface area contributed by atoms with Crippen molar-refractivity contribution in [3.63, 3.8) is 0 Å². The molecule has 1 saturated heterocycles. The molecule has 0 spiro atoms. The van der Waals surface area contributed by atoms with Crippen LogP contribution in [0.5, 0.6) is 11.5 Å². The molecule has 1 unspecified atom stereocenters. The summed E-state index contributed by atoms with van der Waals surface area (Å²) in [4.78, 5) is 9.56. The molecule has 0 amide bonds. The van der Waals surface area contributed by atoms with Crippen molar-refractivity contribution in [2.45, 2.75) is 38.6 Å². The lowest BCUT2D eigenvalue weighted by Crippen LogP contribution is -2.42. The van der Waals surface area contributed by atoms with Gasteiger partial charge in [0.25, 0.3) is 0 Å². The van der Waals surface area contributed by atoms with Gasteiger partial charge in [-0.1, -0.05) is 6.07 Å². The van der Waals surface area contributed by atoms with Gasteiger partial charge in [0, 0.05) is 38.6 Å². The lowest BCUT2D eigenvalue weighted by molar-refractivity contribution is 0.126. The van der Waals surface area contributed by atoms with Gasteiger partial charge >= 0.3 is 0 Å². The fourth-order valence-electron chi connectivity index (χ4n) is 5.08. The van der Waals surface area contributed by atoms with E-state index in [0.717, 1.165) is 43.3 Å². The molecule has 0 radical (unpaired) electrons. The highest BCUT2D eigenvalue weighted by molar-refractivity contribution is 5.49. The van der Waals surface area contributed by atoms with Crippen LogP contribution in [0.15, 0.2) is 36.7 Å². The van der Waals surface area contributed by atoms with Gasteiger partial charge in [0.15, 0.2) is 11.5 Å². The van der Waals surface area contributed by atoms with Crippen molar-refractivity contribution in [2.75, 3.05) is 39.5 Å². The van der Waals surface area contributed by atoms with E-state index >= 15 is 0 Å². The number of likely N-dealkylation sites (tertiary alicyclic amines) is 1. The number of ether oxygens (including phenoxy) is 2. The molecule has 1 atom stereocenters. The summed E-state index contributed by atoms with van der Waals surface area (Å²) in [5.74, 6) is 2.63. The number of aryl methyl sites for hydroxylation is 1. The summed E-state index contributed by atoms with van der Waals surface area (Å²) in [7, 11) is 0. The molecule has 3 aliphatic rings. The second-order valence-electron chi connectivity index (χ2n) is 8.73. The molecular weight excluding hydrogens is 362 g/mol. The van der Waals surface area contributed by atoms with Crippen molar-refractivity contribution < 1.29 is 9.47 Å². The Morgan fingerprint density at radius 1 is 1.07 bits per heavy atom. The third kappa shape index (κ3) is 4.57. The molecule has 1 aromatic heterocycles. The standard InChI is InChI=1S/C24H31N3O2/c1-4-19(14-25-8-1)5-2-9-26-10-3-6-20(15-26)16-27-11-7-21-12-23-24(29-18-28-23)13-22(21)17-27/h1,4,8,12-14,20H,2-3,5-7,9-11,15-18H2. The van der Waals surface area contributed by atoms with Crippen LogP contribution in [0.2, 0.25) is 0 Å². The minimum Gasteiger partial charge on any atom is -0.454 e. The second kappa shape index (κ2) is 8.72. The van der Waals surface area contributed by atoms with E-state index in [4.69, 9.17) is 9.47 Å². The topological polar surface area (TPSA) is 37.8 Å². The molecule has 29 heavy (non-hydrogen) atoms. The largest absolute Gasteiger partial charge is 0.454 e. The number of pyridine rings is 1. The molecule has 5 nitrogen and oxygen atoms in total. The van der Waals surface area contributed by atoms with Gasteiger partial charge in [-0.05, 0) is 86.0 Å². The Bertz CT molecular complexity index is 826. The van der Waals surface area contributed by atoms with E-state index in [1.54, 1.807) is 0 Å². The Morgan fingerprint density at radius 3 is 2.83 bits per heavy atom. The van der Waals surface area contributed by atoms with E-state index in [2.05, 4.69) is 33.0 Å². The second-order valence-corrected chi connectivity index (χ2v) is 8.73. The molecule has 0 bridgehead atoms. The quantitative estimate of drug-likeness (QED) is 0.751. The van der Waals surface area contributed by atoms with Gasteiger partial charge in [-0.25, -0.2) is 0 Å². The molecule has 3 aliphatic heterocycles. The van der Waals surface area contributed by atoms with E-state index in [-0.39, 0.29) is 0 Å². The summed E-state index contributed by atoms with van der Waals surface area (Å²) < 4.78 is 11.1. The number of fused-ring (bicyclic) bond motifs is 2. The Morgan fingerprint density at radius 2 is 1.97 bits per heavy atom. The zero-order valence-corrected chi connectivity index (χ0v) is 17.2. The monoisotopic (exact) mass is 393 g/mol. The van der Waals surface area contributed by atoms with Crippen LogP contribution in [0.3, 0.4) is 0 Å². The number of benzene rings is 1. The van der Waals surface area contributed by atoms with E-state index < -0.39 is 0 Å². The highest BCUT2D eigenvalue weighted by Gasteiger charge is 2.26. The molecule has 1 fully saturated rings.